The molecule has 0 atom stereocenters. The van der Waals surface area contributed by atoms with Gasteiger partial charge < -0.3 is 5.32 Å². The minimum Gasteiger partial charge on any atom is -0.380 e. The van der Waals surface area contributed by atoms with E-state index in [0.29, 0.717) is 6.04 Å². The molecule has 2 aliphatic carbocycles. The van der Waals surface area contributed by atoms with Crippen molar-refractivity contribution in [3.05, 3.63) is 22.6 Å². The Kier molecular flexibility index (Phi) is 2.01. The Morgan fingerprint density at radius 2 is 2.00 bits per heavy atom. The first kappa shape index (κ1) is 8.95. The molecule has 4 heteroatoms. The van der Waals surface area contributed by atoms with Gasteiger partial charge in [0.2, 0.25) is 0 Å². The minimum absolute atomic E-state index is 0.134. The van der Waals surface area contributed by atoms with Crippen molar-refractivity contribution >= 4 is 5.69 Å². The van der Waals surface area contributed by atoms with Crippen molar-refractivity contribution in [3.8, 4) is 0 Å². The van der Waals surface area contributed by atoms with Gasteiger partial charge >= 0.3 is 0 Å². The van der Waals surface area contributed by atoms with Crippen molar-refractivity contribution in [2.24, 2.45) is 11.8 Å². The van der Waals surface area contributed by atoms with Crippen molar-refractivity contribution in [1.29, 1.82) is 0 Å². The maximum Gasteiger partial charge on any atom is 0.266 e. The molecule has 2 saturated carbocycles. The number of anilines is 1. The van der Waals surface area contributed by atoms with E-state index in [2.05, 4.69) is 15.5 Å². The van der Waals surface area contributed by atoms with Crippen LogP contribution in [0.1, 0.15) is 25.7 Å². The van der Waals surface area contributed by atoms with E-state index in [1.807, 2.05) is 0 Å². The van der Waals surface area contributed by atoms with Crippen LogP contribution in [0, 0.1) is 11.8 Å². The molecular formula is C11H15N3O. The smallest absolute Gasteiger partial charge is 0.266 e. The second-order valence-corrected chi connectivity index (χ2v) is 4.68. The van der Waals surface area contributed by atoms with E-state index in [9.17, 15) is 4.79 Å². The van der Waals surface area contributed by atoms with Gasteiger partial charge in [-0.05, 0) is 37.5 Å². The van der Waals surface area contributed by atoms with Gasteiger partial charge in [0, 0.05) is 12.1 Å². The number of H-pyrrole nitrogens is 1. The van der Waals surface area contributed by atoms with E-state index < -0.39 is 0 Å². The molecule has 1 heterocycles. The van der Waals surface area contributed by atoms with Crippen LogP contribution in [-0.4, -0.2) is 16.2 Å². The number of hydrogen-bond donors (Lipinski definition) is 2. The Bertz CT molecular complexity index is 394. The largest absolute Gasteiger partial charge is 0.380 e. The van der Waals surface area contributed by atoms with E-state index in [1.165, 1.54) is 25.7 Å². The summed E-state index contributed by atoms with van der Waals surface area (Å²) >= 11 is 0. The SMILES string of the molecule is O=c1cc(NC(C2CC2)C2CC2)cn[nH]1. The van der Waals surface area contributed by atoms with Crippen LogP contribution in [0.2, 0.25) is 0 Å². The highest BCUT2D eigenvalue weighted by molar-refractivity contribution is 5.41. The summed E-state index contributed by atoms with van der Waals surface area (Å²) in [6, 6.07) is 2.17. The van der Waals surface area contributed by atoms with Gasteiger partial charge in [-0.15, -0.1) is 0 Å². The van der Waals surface area contributed by atoms with Crippen LogP contribution >= 0.6 is 0 Å². The zero-order chi connectivity index (χ0) is 10.3. The zero-order valence-electron chi connectivity index (χ0n) is 8.57. The quantitative estimate of drug-likeness (QED) is 0.780. The van der Waals surface area contributed by atoms with E-state index in [0.717, 1.165) is 17.5 Å². The van der Waals surface area contributed by atoms with Gasteiger partial charge in [-0.2, -0.15) is 5.10 Å². The maximum atomic E-state index is 11.1. The first-order chi connectivity index (χ1) is 7.33. The van der Waals surface area contributed by atoms with Crippen LogP contribution < -0.4 is 10.9 Å². The first-order valence-corrected chi connectivity index (χ1v) is 5.64. The Hall–Kier alpha value is -1.32. The number of rotatable bonds is 4. The molecular weight excluding hydrogens is 190 g/mol. The molecule has 1 aromatic heterocycles. The molecule has 0 aliphatic heterocycles. The third kappa shape index (κ3) is 2.03. The molecule has 4 nitrogen and oxygen atoms in total. The van der Waals surface area contributed by atoms with Gasteiger partial charge in [0.05, 0.1) is 11.9 Å². The molecule has 0 saturated heterocycles. The van der Waals surface area contributed by atoms with E-state index in [-0.39, 0.29) is 5.56 Å². The molecule has 0 unspecified atom stereocenters. The fourth-order valence-corrected chi connectivity index (χ4v) is 2.18. The highest BCUT2D eigenvalue weighted by Crippen LogP contribution is 2.45. The fourth-order valence-electron chi connectivity index (χ4n) is 2.18. The minimum atomic E-state index is -0.134. The van der Waals surface area contributed by atoms with Crippen molar-refractivity contribution in [2.75, 3.05) is 5.32 Å². The van der Waals surface area contributed by atoms with Gasteiger partial charge in [0.25, 0.3) is 5.56 Å². The second kappa shape index (κ2) is 3.36. The van der Waals surface area contributed by atoms with Crippen molar-refractivity contribution in [3.63, 3.8) is 0 Å². The van der Waals surface area contributed by atoms with E-state index in [1.54, 1.807) is 12.3 Å². The Morgan fingerprint density at radius 1 is 1.33 bits per heavy atom. The van der Waals surface area contributed by atoms with Gasteiger partial charge in [-0.1, -0.05) is 0 Å². The number of hydrogen-bond acceptors (Lipinski definition) is 3. The summed E-state index contributed by atoms with van der Waals surface area (Å²) < 4.78 is 0. The van der Waals surface area contributed by atoms with Gasteiger partial charge in [-0.25, -0.2) is 5.10 Å². The lowest BCUT2D eigenvalue weighted by molar-refractivity contribution is 0.567. The monoisotopic (exact) mass is 205 g/mol. The molecule has 0 radical (unpaired) electrons. The highest BCUT2D eigenvalue weighted by atomic mass is 16.1. The summed E-state index contributed by atoms with van der Waals surface area (Å²) in [7, 11) is 0. The average molecular weight is 205 g/mol. The molecule has 0 amide bonds. The predicted octanol–water partition coefficient (Wildman–Crippen LogP) is 1.37. The lowest BCUT2D eigenvalue weighted by Gasteiger charge is -2.18. The Morgan fingerprint density at radius 3 is 2.53 bits per heavy atom. The molecule has 2 fully saturated rings. The third-order valence-electron chi connectivity index (χ3n) is 3.26. The average Bonchev–Trinajstić information content (AvgIpc) is 3.07. The topological polar surface area (TPSA) is 57.8 Å². The lowest BCUT2D eigenvalue weighted by atomic mass is 10.1. The van der Waals surface area contributed by atoms with E-state index in [4.69, 9.17) is 0 Å². The van der Waals surface area contributed by atoms with Gasteiger partial charge in [-0.3, -0.25) is 4.79 Å². The zero-order valence-corrected chi connectivity index (χ0v) is 8.57. The number of nitrogens with zero attached hydrogens (tertiary/aromatic N) is 1. The highest BCUT2D eigenvalue weighted by Gasteiger charge is 2.41. The predicted molar refractivity (Wildman–Crippen MR) is 57.7 cm³/mol. The summed E-state index contributed by atoms with van der Waals surface area (Å²) in [6.45, 7) is 0. The fraction of sp³-hybridized carbons (Fsp3) is 0.636. The normalized spacial score (nSPS) is 20.6. The van der Waals surface area contributed by atoms with Crippen molar-refractivity contribution < 1.29 is 0 Å². The summed E-state index contributed by atoms with van der Waals surface area (Å²) in [4.78, 5) is 11.1. The van der Waals surface area contributed by atoms with Gasteiger partial charge in [0.1, 0.15) is 0 Å². The summed E-state index contributed by atoms with van der Waals surface area (Å²) in [5, 5.41) is 9.65. The summed E-state index contributed by atoms with van der Waals surface area (Å²) in [5.74, 6) is 1.66. The van der Waals surface area contributed by atoms with Crippen LogP contribution in [0.4, 0.5) is 5.69 Å². The molecule has 2 N–H and O–H groups in total. The Balaban J connectivity index is 1.74. The van der Waals surface area contributed by atoms with Gasteiger partial charge in [0.15, 0.2) is 0 Å². The molecule has 2 aliphatic rings. The standard InChI is InChI=1S/C11H15N3O/c15-10-5-9(6-12-14-10)13-11(7-1-2-7)8-3-4-8/h5-8,11H,1-4H2,(H2,13,14,15). The Labute approximate surface area is 88.1 Å². The first-order valence-electron chi connectivity index (χ1n) is 5.64. The number of nitrogens with one attached hydrogen (secondary N) is 2. The maximum absolute atomic E-state index is 11.1. The third-order valence-corrected chi connectivity index (χ3v) is 3.26. The molecule has 0 spiro atoms. The van der Waals surface area contributed by atoms with Crippen molar-refractivity contribution in [1.82, 2.24) is 10.2 Å². The van der Waals surface area contributed by atoms with Crippen LogP contribution in [0.25, 0.3) is 0 Å². The number of aromatic nitrogens is 2. The number of aromatic amines is 1. The lowest BCUT2D eigenvalue weighted by Crippen LogP contribution is -2.25. The second-order valence-electron chi connectivity index (χ2n) is 4.68. The molecule has 1 aromatic rings. The van der Waals surface area contributed by atoms with Crippen LogP contribution in [-0.2, 0) is 0 Å². The van der Waals surface area contributed by atoms with Crippen LogP contribution in [0.15, 0.2) is 17.1 Å². The van der Waals surface area contributed by atoms with E-state index >= 15 is 0 Å². The summed E-state index contributed by atoms with van der Waals surface area (Å²) in [5.41, 5.74) is 0.730. The molecule has 0 bridgehead atoms. The van der Waals surface area contributed by atoms with Crippen LogP contribution in [0.5, 0.6) is 0 Å². The van der Waals surface area contributed by atoms with Crippen molar-refractivity contribution in [2.45, 2.75) is 31.7 Å². The summed E-state index contributed by atoms with van der Waals surface area (Å²) in [6.07, 6.45) is 7.05. The molecule has 0 aromatic carbocycles. The molecule has 3 rings (SSSR count). The van der Waals surface area contributed by atoms with Crippen LogP contribution in [0.3, 0.4) is 0 Å². The molecule has 15 heavy (non-hydrogen) atoms. The molecule has 80 valence electrons.